The molecule has 0 bridgehead atoms. The molecular weight excluding hydrogens is 238 g/mol. The van der Waals surface area contributed by atoms with E-state index in [-0.39, 0.29) is 17.9 Å². The average Bonchev–Trinajstić information content (AvgIpc) is 3.03. The normalized spacial score (nSPS) is 35.7. The molecule has 1 heterocycles. The molecule has 2 fully saturated rings. The van der Waals surface area contributed by atoms with Crippen molar-refractivity contribution in [3.63, 3.8) is 0 Å². The van der Waals surface area contributed by atoms with E-state index in [0.717, 1.165) is 25.8 Å². The number of carbonyl (C=O) groups is 1. The maximum absolute atomic E-state index is 12.5. The highest BCUT2D eigenvalue weighted by Gasteiger charge is 2.58. The molecule has 100 valence electrons. The zero-order valence-corrected chi connectivity index (χ0v) is 11.0. The standard InChI is InChI=1S/C16H19NO2/c18-11-7-8-17(9-11)16(19)15-13-6-5-10-3-1-2-4-12(10)14(13)15/h1-4,11,13-15,18H,5-9H2/t11-,13?,14?,15?/m0/s1. The van der Waals surface area contributed by atoms with Gasteiger partial charge in [-0.05, 0) is 42.2 Å². The Labute approximate surface area is 113 Å². The number of nitrogens with zero attached hydrogens (tertiary/aromatic N) is 1. The Kier molecular flexibility index (Phi) is 2.46. The van der Waals surface area contributed by atoms with Crippen LogP contribution in [-0.2, 0) is 11.2 Å². The summed E-state index contributed by atoms with van der Waals surface area (Å²) in [5, 5.41) is 9.57. The number of hydrogen-bond donors (Lipinski definition) is 1. The lowest BCUT2D eigenvalue weighted by Gasteiger charge is -2.15. The first-order chi connectivity index (χ1) is 9.25. The van der Waals surface area contributed by atoms with Crippen LogP contribution >= 0.6 is 0 Å². The topological polar surface area (TPSA) is 40.5 Å². The molecule has 1 aromatic carbocycles. The van der Waals surface area contributed by atoms with Crippen molar-refractivity contribution in [1.82, 2.24) is 4.90 Å². The predicted octanol–water partition coefficient (Wildman–Crippen LogP) is 1.56. The van der Waals surface area contributed by atoms with Crippen LogP contribution in [-0.4, -0.2) is 35.1 Å². The summed E-state index contributed by atoms with van der Waals surface area (Å²) in [6.45, 7) is 1.27. The molecule has 2 aliphatic carbocycles. The molecule has 1 aromatic rings. The Morgan fingerprint density at radius 1 is 1.26 bits per heavy atom. The second-order valence-electron chi connectivity index (χ2n) is 6.18. The van der Waals surface area contributed by atoms with Gasteiger partial charge in [0.1, 0.15) is 0 Å². The molecule has 0 aromatic heterocycles. The summed E-state index contributed by atoms with van der Waals surface area (Å²) in [7, 11) is 0. The van der Waals surface area contributed by atoms with Crippen LogP contribution in [0.25, 0.3) is 0 Å². The lowest BCUT2D eigenvalue weighted by Crippen LogP contribution is -2.31. The number of hydrogen-bond acceptors (Lipinski definition) is 2. The lowest BCUT2D eigenvalue weighted by molar-refractivity contribution is -0.132. The first-order valence-electron chi connectivity index (χ1n) is 7.30. The summed E-state index contributed by atoms with van der Waals surface area (Å²) in [6.07, 6.45) is 2.69. The quantitative estimate of drug-likeness (QED) is 0.829. The third-order valence-electron chi connectivity index (χ3n) is 5.09. The number of aliphatic hydroxyl groups is 1. The summed E-state index contributed by atoms with van der Waals surface area (Å²) >= 11 is 0. The van der Waals surface area contributed by atoms with Crippen LogP contribution in [0.3, 0.4) is 0 Å². The molecule has 1 aliphatic heterocycles. The van der Waals surface area contributed by atoms with Gasteiger partial charge in [-0.15, -0.1) is 0 Å². The van der Waals surface area contributed by atoms with Crippen LogP contribution in [0.1, 0.15) is 29.9 Å². The maximum Gasteiger partial charge on any atom is 0.226 e. The van der Waals surface area contributed by atoms with Gasteiger partial charge in [0.05, 0.1) is 6.10 Å². The first-order valence-corrected chi connectivity index (χ1v) is 7.30. The molecule has 0 spiro atoms. The van der Waals surface area contributed by atoms with Crippen molar-refractivity contribution in [3.8, 4) is 0 Å². The van der Waals surface area contributed by atoms with Gasteiger partial charge < -0.3 is 10.0 Å². The zero-order valence-electron chi connectivity index (χ0n) is 11.0. The largest absolute Gasteiger partial charge is 0.391 e. The number of aryl methyl sites for hydroxylation is 1. The summed E-state index contributed by atoms with van der Waals surface area (Å²) < 4.78 is 0. The van der Waals surface area contributed by atoms with Gasteiger partial charge in [0, 0.05) is 19.0 Å². The molecule has 3 nitrogen and oxygen atoms in total. The van der Waals surface area contributed by atoms with Crippen LogP contribution in [0.2, 0.25) is 0 Å². The van der Waals surface area contributed by atoms with E-state index in [1.165, 1.54) is 11.1 Å². The third kappa shape index (κ3) is 1.71. The molecule has 1 saturated heterocycles. The highest BCUT2D eigenvalue weighted by molar-refractivity contribution is 5.84. The van der Waals surface area contributed by atoms with Crippen molar-refractivity contribution < 1.29 is 9.90 Å². The van der Waals surface area contributed by atoms with Gasteiger partial charge in [0.2, 0.25) is 5.91 Å². The minimum atomic E-state index is -0.308. The molecule has 4 rings (SSSR count). The Bertz CT molecular complexity index is 527. The molecule has 19 heavy (non-hydrogen) atoms. The van der Waals surface area contributed by atoms with E-state index in [0.29, 0.717) is 18.4 Å². The fourth-order valence-corrected chi connectivity index (χ4v) is 4.06. The zero-order chi connectivity index (χ0) is 13.0. The summed E-state index contributed by atoms with van der Waals surface area (Å²) in [5.41, 5.74) is 2.83. The molecule has 0 radical (unpaired) electrons. The maximum atomic E-state index is 12.5. The van der Waals surface area contributed by atoms with Crippen molar-refractivity contribution in [2.75, 3.05) is 13.1 Å². The summed E-state index contributed by atoms with van der Waals surface area (Å²) in [6, 6.07) is 8.57. The Balaban J connectivity index is 1.55. The van der Waals surface area contributed by atoms with Crippen LogP contribution in [0.5, 0.6) is 0 Å². The van der Waals surface area contributed by atoms with E-state index in [1.54, 1.807) is 0 Å². The predicted molar refractivity (Wildman–Crippen MR) is 71.7 cm³/mol. The molecule has 3 heteroatoms. The number of fused-ring (bicyclic) bond motifs is 3. The molecule has 4 atom stereocenters. The lowest BCUT2D eigenvalue weighted by atomic mass is 9.92. The van der Waals surface area contributed by atoms with E-state index >= 15 is 0 Å². The van der Waals surface area contributed by atoms with Crippen molar-refractivity contribution >= 4 is 5.91 Å². The fourth-order valence-electron chi connectivity index (χ4n) is 4.06. The smallest absolute Gasteiger partial charge is 0.226 e. The van der Waals surface area contributed by atoms with Gasteiger partial charge in [-0.3, -0.25) is 4.79 Å². The van der Waals surface area contributed by atoms with Crippen molar-refractivity contribution in [2.24, 2.45) is 11.8 Å². The first kappa shape index (κ1) is 11.5. The number of β-amino-alcohol motifs (C(OH)–C–C–N with tert-alkyl or cyclic N) is 1. The Hall–Kier alpha value is -1.35. The molecular formula is C16H19NO2. The number of amides is 1. The summed E-state index contributed by atoms with van der Waals surface area (Å²) in [4.78, 5) is 14.4. The fraction of sp³-hybridized carbons (Fsp3) is 0.562. The Morgan fingerprint density at radius 3 is 2.89 bits per heavy atom. The van der Waals surface area contributed by atoms with Crippen molar-refractivity contribution in [3.05, 3.63) is 35.4 Å². The molecule has 1 N–H and O–H groups in total. The van der Waals surface area contributed by atoms with E-state index in [4.69, 9.17) is 0 Å². The van der Waals surface area contributed by atoms with Gasteiger partial charge in [-0.2, -0.15) is 0 Å². The van der Waals surface area contributed by atoms with E-state index in [9.17, 15) is 9.90 Å². The van der Waals surface area contributed by atoms with E-state index in [2.05, 4.69) is 24.3 Å². The minimum absolute atomic E-state index is 0.189. The van der Waals surface area contributed by atoms with Crippen LogP contribution < -0.4 is 0 Å². The monoisotopic (exact) mass is 257 g/mol. The second kappa shape index (κ2) is 4.07. The second-order valence-corrected chi connectivity index (χ2v) is 6.18. The minimum Gasteiger partial charge on any atom is -0.391 e. The molecule has 3 aliphatic rings. The number of benzene rings is 1. The van der Waals surface area contributed by atoms with Crippen LogP contribution in [0, 0.1) is 11.8 Å². The van der Waals surface area contributed by atoms with E-state index in [1.807, 2.05) is 4.90 Å². The highest BCUT2D eigenvalue weighted by Crippen LogP contribution is 2.60. The van der Waals surface area contributed by atoms with E-state index < -0.39 is 0 Å². The SMILES string of the molecule is O=C(C1C2CCc3ccccc3C21)N1CC[C@H](O)C1. The van der Waals surface area contributed by atoms with Gasteiger partial charge in [0.15, 0.2) is 0 Å². The summed E-state index contributed by atoms with van der Waals surface area (Å²) in [5.74, 6) is 1.48. The Morgan fingerprint density at radius 2 is 2.11 bits per heavy atom. The van der Waals surface area contributed by atoms with Gasteiger partial charge >= 0.3 is 0 Å². The molecule has 1 amide bonds. The number of rotatable bonds is 1. The number of carbonyl (C=O) groups excluding carboxylic acids is 1. The van der Waals surface area contributed by atoms with Gasteiger partial charge in [0.25, 0.3) is 0 Å². The third-order valence-corrected chi connectivity index (χ3v) is 5.09. The van der Waals surface area contributed by atoms with Gasteiger partial charge in [-0.1, -0.05) is 24.3 Å². The number of likely N-dealkylation sites (tertiary alicyclic amines) is 1. The molecule has 1 saturated carbocycles. The van der Waals surface area contributed by atoms with Crippen LogP contribution in [0.15, 0.2) is 24.3 Å². The van der Waals surface area contributed by atoms with Gasteiger partial charge in [-0.25, -0.2) is 0 Å². The highest BCUT2D eigenvalue weighted by atomic mass is 16.3. The van der Waals surface area contributed by atoms with Crippen molar-refractivity contribution in [2.45, 2.75) is 31.3 Å². The average molecular weight is 257 g/mol. The van der Waals surface area contributed by atoms with Crippen LogP contribution in [0.4, 0.5) is 0 Å². The molecule has 3 unspecified atom stereocenters. The number of aliphatic hydroxyl groups excluding tert-OH is 1. The van der Waals surface area contributed by atoms with Crippen molar-refractivity contribution in [1.29, 1.82) is 0 Å².